The Labute approximate surface area is 110 Å². The van der Waals surface area contributed by atoms with E-state index in [2.05, 4.69) is 0 Å². The zero-order chi connectivity index (χ0) is 13.7. The van der Waals surface area contributed by atoms with Crippen LogP contribution in [-0.4, -0.2) is 11.7 Å². The number of benzene rings is 2. The molecule has 2 aromatic carbocycles. The number of halogens is 2. The van der Waals surface area contributed by atoms with Gasteiger partial charge < -0.3 is 9.84 Å². The van der Waals surface area contributed by atoms with Gasteiger partial charge in [0, 0.05) is 12.2 Å². The topological polar surface area (TPSA) is 29.5 Å². The second-order valence-corrected chi connectivity index (χ2v) is 4.14. The van der Waals surface area contributed by atoms with Crippen LogP contribution in [0, 0.1) is 11.6 Å². The molecular weight excluding hydrogens is 250 g/mol. The number of aliphatic hydroxyl groups excluding tert-OH is 1. The van der Waals surface area contributed by atoms with Crippen LogP contribution in [0.15, 0.2) is 42.5 Å². The van der Waals surface area contributed by atoms with Crippen molar-refractivity contribution in [3.63, 3.8) is 0 Å². The molecule has 0 bridgehead atoms. The summed E-state index contributed by atoms with van der Waals surface area (Å²) in [5.74, 6) is -0.401. The van der Waals surface area contributed by atoms with Gasteiger partial charge in [-0.25, -0.2) is 8.78 Å². The van der Waals surface area contributed by atoms with E-state index < -0.39 is 11.6 Å². The molecule has 0 saturated heterocycles. The summed E-state index contributed by atoms with van der Waals surface area (Å²) in [6.07, 6.45) is 0.582. The molecular formula is C15H14F2O2. The third kappa shape index (κ3) is 3.76. The molecule has 1 N–H and O–H groups in total. The number of ether oxygens (including phenoxy) is 1. The van der Waals surface area contributed by atoms with Crippen LogP contribution in [-0.2, 0) is 13.0 Å². The molecule has 0 radical (unpaired) electrons. The fraction of sp³-hybridized carbons (Fsp3) is 0.200. The van der Waals surface area contributed by atoms with Gasteiger partial charge in [-0.15, -0.1) is 0 Å². The van der Waals surface area contributed by atoms with E-state index in [4.69, 9.17) is 9.84 Å². The van der Waals surface area contributed by atoms with Crippen molar-refractivity contribution in [1.29, 1.82) is 0 Å². The largest absolute Gasteiger partial charge is 0.489 e. The van der Waals surface area contributed by atoms with E-state index in [1.807, 2.05) is 12.1 Å². The molecule has 4 heteroatoms. The molecule has 0 fully saturated rings. The minimum Gasteiger partial charge on any atom is -0.489 e. The number of aliphatic hydroxyl groups is 1. The molecule has 0 heterocycles. The molecule has 2 aromatic rings. The van der Waals surface area contributed by atoms with Crippen LogP contribution < -0.4 is 4.74 Å². The predicted octanol–water partition coefficient (Wildman–Crippen LogP) is 3.08. The molecule has 0 amide bonds. The van der Waals surface area contributed by atoms with Crippen molar-refractivity contribution in [2.75, 3.05) is 6.61 Å². The Balaban J connectivity index is 2.00. The molecule has 0 spiro atoms. The zero-order valence-corrected chi connectivity index (χ0v) is 10.3. The van der Waals surface area contributed by atoms with Crippen LogP contribution >= 0.6 is 0 Å². The summed E-state index contributed by atoms with van der Waals surface area (Å²) < 4.78 is 31.7. The molecule has 2 rings (SSSR count). The Morgan fingerprint density at radius 2 is 1.74 bits per heavy atom. The summed E-state index contributed by atoms with van der Waals surface area (Å²) in [7, 11) is 0. The van der Waals surface area contributed by atoms with Gasteiger partial charge >= 0.3 is 0 Å². The second kappa shape index (κ2) is 6.29. The third-order valence-corrected chi connectivity index (χ3v) is 2.73. The van der Waals surface area contributed by atoms with Crippen LogP contribution in [0.4, 0.5) is 8.78 Å². The van der Waals surface area contributed by atoms with Crippen molar-refractivity contribution in [2.24, 2.45) is 0 Å². The van der Waals surface area contributed by atoms with Crippen molar-refractivity contribution in [3.8, 4) is 5.75 Å². The smallest absolute Gasteiger partial charge is 0.130 e. The molecule has 0 aromatic heterocycles. The average Bonchev–Trinajstić information content (AvgIpc) is 2.42. The van der Waals surface area contributed by atoms with Crippen molar-refractivity contribution < 1.29 is 18.6 Å². The lowest BCUT2D eigenvalue weighted by Crippen LogP contribution is -1.99. The van der Waals surface area contributed by atoms with E-state index in [1.165, 1.54) is 0 Å². The van der Waals surface area contributed by atoms with Crippen molar-refractivity contribution >= 4 is 0 Å². The average molecular weight is 264 g/mol. The van der Waals surface area contributed by atoms with Crippen LogP contribution in [0.5, 0.6) is 5.75 Å². The first-order chi connectivity index (χ1) is 9.19. The minimum atomic E-state index is -0.488. The summed E-state index contributed by atoms with van der Waals surface area (Å²) in [6.45, 7) is 0.0671. The van der Waals surface area contributed by atoms with Crippen molar-refractivity contribution in [2.45, 2.75) is 13.0 Å². The lowest BCUT2D eigenvalue weighted by Gasteiger charge is -2.08. The molecule has 0 aliphatic heterocycles. The predicted molar refractivity (Wildman–Crippen MR) is 67.9 cm³/mol. The first kappa shape index (κ1) is 13.5. The Morgan fingerprint density at radius 1 is 1.00 bits per heavy atom. The van der Waals surface area contributed by atoms with E-state index in [0.717, 1.165) is 23.8 Å². The van der Waals surface area contributed by atoms with E-state index in [9.17, 15) is 8.78 Å². The summed E-state index contributed by atoms with van der Waals surface area (Å²) in [6, 6.07) is 10.4. The fourth-order valence-corrected chi connectivity index (χ4v) is 1.70. The summed E-state index contributed by atoms with van der Waals surface area (Å²) in [5.41, 5.74) is 1.17. The highest BCUT2D eigenvalue weighted by molar-refractivity contribution is 5.28. The maximum Gasteiger partial charge on any atom is 0.130 e. The SMILES string of the molecule is OCCc1ccc(OCc2cc(F)ccc2F)cc1. The second-order valence-electron chi connectivity index (χ2n) is 4.14. The molecule has 2 nitrogen and oxygen atoms in total. The molecule has 100 valence electrons. The van der Waals surface area contributed by atoms with Crippen LogP contribution in [0.1, 0.15) is 11.1 Å². The monoisotopic (exact) mass is 264 g/mol. The van der Waals surface area contributed by atoms with E-state index in [1.54, 1.807) is 12.1 Å². The minimum absolute atomic E-state index is 0.0249. The number of rotatable bonds is 5. The molecule has 0 aliphatic rings. The van der Waals surface area contributed by atoms with Gasteiger partial charge in [0.15, 0.2) is 0 Å². The van der Waals surface area contributed by atoms with Gasteiger partial charge in [-0.05, 0) is 42.3 Å². The van der Waals surface area contributed by atoms with Gasteiger partial charge in [-0.2, -0.15) is 0 Å². The van der Waals surface area contributed by atoms with Gasteiger partial charge in [0.25, 0.3) is 0 Å². The van der Waals surface area contributed by atoms with Crippen LogP contribution in [0.25, 0.3) is 0 Å². The van der Waals surface area contributed by atoms with Gasteiger partial charge in [0.1, 0.15) is 24.0 Å². The Kier molecular flexibility index (Phi) is 4.47. The maximum atomic E-state index is 13.4. The van der Waals surface area contributed by atoms with E-state index in [-0.39, 0.29) is 18.8 Å². The highest BCUT2D eigenvalue weighted by Gasteiger charge is 2.04. The highest BCUT2D eigenvalue weighted by atomic mass is 19.1. The summed E-state index contributed by atoms with van der Waals surface area (Å²) in [5, 5.41) is 8.79. The molecule has 0 aliphatic carbocycles. The maximum absolute atomic E-state index is 13.4. The Bertz CT molecular complexity index is 538. The van der Waals surface area contributed by atoms with E-state index >= 15 is 0 Å². The van der Waals surface area contributed by atoms with Gasteiger partial charge in [0.05, 0.1) is 0 Å². The molecule has 0 saturated carbocycles. The number of hydrogen-bond donors (Lipinski definition) is 1. The molecule has 0 unspecified atom stereocenters. The van der Waals surface area contributed by atoms with Gasteiger partial charge in [-0.3, -0.25) is 0 Å². The number of hydrogen-bond acceptors (Lipinski definition) is 2. The zero-order valence-electron chi connectivity index (χ0n) is 10.3. The lowest BCUT2D eigenvalue weighted by molar-refractivity contribution is 0.296. The first-order valence-corrected chi connectivity index (χ1v) is 5.95. The van der Waals surface area contributed by atoms with Gasteiger partial charge in [-0.1, -0.05) is 12.1 Å². The third-order valence-electron chi connectivity index (χ3n) is 2.73. The highest BCUT2D eigenvalue weighted by Crippen LogP contribution is 2.16. The Hall–Kier alpha value is -1.94. The lowest BCUT2D eigenvalue weighted by atomic mass is 10.1. The molecule has 19 heavy (non-hydrogen) atoms. The summed E-state index contributed by atoms with van der Waals surface area (Å²) in [4.78, 5) is 0. The van der Waals surface area contributed by atoms with Crippen molar-refractivity contribution in [3.05, 3.63) is 65.2 Å². The quantitative estimate of drug-likeness (QED) is 0.899. The normalized spacial score (nSPS) is 10.5. The summed E-state index contributed by atoms with van der Waals surface area (Å²) >= 11 is 0. The standard InChI is InChI=1S/C15H14F2O2/c16-13-3-6-15(17)12(9-13)10-19-14-4-1-11(2-5-14)7-8-18/h1-6,9,18H,7-8,10H2. The Morgan fingerprint density at radius 3 is 2.42 bits per heavy atom. The van der Waals surface area contributed by atoms with Crippen LogP contribution in [0.3, 0.4) is 0 Å². The van der Waals surface area contributed by atoms with Crippen molar-refractivity contribution in [1.82, 2.24) is 0 Å². The van der Waals surface area contributed by atoms with Crippen LogP contribution in [0.2, 0.25) is 0 Å². The molecule has 0 atom stereocenters. The first-order valence-electron chi connectivity index (χ1n) is 5.95. The van der Waals surface area contributed by atoms with Gasteiger partial charge in [0.2, 0.25) is 0 Å². The fourth-order valence-electron chi connectivity index (χ4n) is 1.70. The van der Waals surface area contributed by atoms with E-state index in [0.29, 0.717) is 12.2 Å².